The standard InChI is InChI=1S/C15H21ClN2O5/c1-18(7-5-15(20)21)6-4-14(19)17-11-9-12(22-2)10(16)8-13(11)23-3/h8-9H,4-7H2,1-3H3,(H,17,19)(H,20,21). The van der Waals surface area contributed by atoms with Gasteiger partial charge in [0.2, 0.25) is 5.91 Å². The zero-order valence-corrected chi connectivity index (χ0v) is 14.1. The van der Waals surface area contributed by atoms with Crippen LogP contribution >= 0.6 is 11.6 Å². The van der Waals surface area contributed by atoms with Gasteiger partial charge in [0, 0.05) is 31.6 Å². The van der Waals surface area contributed by atoms with Crippen LogP contribution in [0.1, 0.15) is 12.8 Å². The summed E-state index contributed by atoms with van der Waals surface area (Å²) >= 11 is 6.01. The van der Waals surface area contributed by atoms with Gasteiger partial charge in [0.1, 0.15) is 11.5 Å². The van der Waals surface area contributed by atoms with Crippen molar-refractivity contribution < 1.29 is 24.2 Å². The highest BCUT2D eigenvalue weighted by molar-refractivity contribution is 6.32. The van der Waals surface area contributed by atoms with Gasteiger partial charge in [0.15, 0.2) is 0 Å². The number of carbonyl (C=O) groups excluding carboxylic acids is 1. The van der Waals surface area contributed by atoms with E-state index in [1.54, 1.807) is 24.1 Å². The number of rotatable bonds is 9. The Hall–Kier alpha value is -1.99. The van der Waals surface area contributed by atoms with Gasteiger partial charge < -0.3 is 24.8 Å². The minimum atomic E-state index is -0.862. The lowest BCUT2D eigenvalue weighted by Gasteiger charge is -2.16. The summed E-state index contributed by atoms with van der Waals surface area (Å²) in [4.78, 5) is 24.3. The number of ether oxygens (including phenoxy) is 2. The van der Waals surface area contributed by atoms with Crippen LogP contribution in [0.5, 0.6) is 11.5 Å². The van der Waals surface area contributed by atoms with Crippen LogP contribution in [0.15, 0.2) is 12.1 Å². The first-order chi connectivity index (χ1) is 10.9. The number of carboxylic acids is 1. The van der Waals surface area contributed by atoms with E-state index >= 15 is 0 Å². The van der Waals surface area contributed by atoms with Crippen LogP contribution in [0.4, 0.5) is 5.69 Å². The van der Waals surface area contributed by atoms with Gasteiger partial charge in [-0.15, -0.1) is 0 Å². The normalized spacial score (nSPS) is 10.5. The van der Waals surface area contributed by atoms with Crippen LogP contribution in [-0.2, 0) is 9.59 Å². The number of hydrogen-bond acceptors (Lipinski definition) is 5. The Kier molecular flexibility index (Phi) is 7.64. The molecule has 0 radical (unpaired) electrons. The number of hydrogen-bond donors (Lipinski definition) is 2. The topological polar surface area (TPSA) is 88.1 Å². The fraction of sp³-hybridized carbons (Fsp3) is 0.467. The number of nitrogens with zero attached hydrogens (tertiary/aromatic N) is 1. The van der Waals surface area contributed by atoms with E-state index in [0.717, 1.165) is 0 Å². The van der Waals surface area contributed by atoms with Gasteiger partial charge >= 0.3 is 5.97 Å². The van der Waals surface area contributed by atoms with Crippen molar-refractivity contribution in [2.75, 3.05) is 39.7 Å². The molecule has 0 atom stereocenters. The first-order valence-electron chi connectivity index (χ1n) is 6.99. The number of carbonyl (C=O) groups is 2. The average Bonchev–Trinajstić information content (AvgIpc) is 2.52. The van der Waals surface area contributed by atoms with Gasteiger partial charge in [-0.2, -0.15) is 0 Å². The van der Waals surface area contributed by atoms with Gasteiger partial charge in [-0.05, 0) is 7.05 Å². The zero-order valence-electron chi connectivity index (χ0n) is 13.4. The number of methoxy groups -OCH3 is 2. The van der Waals surface area contributed by atoms with E-state index < -0.39 is 5.97 Å². The summed E-state index contributed by atoms with van der Waals surface area (Å²) in [5, 5.41) is 11.7. The Labute approximate surface area is 140 Å². The SMILES string of the molecule is COc1cc(NC(=O)CCN(C)CCC(=O)O)c(OC)cc1Cl. The third-order valence-electron chi connectivity index (χ3n) is 3.18. The monoisotopic (exact) mass is 344 g/mol. The quantitative estimate of drug-likeness (QED) is 0.713. The van der Waals surface area contributed by atoms with Crippen LogP contribution in [0.3, 0.4) is 0 Å². The molecule has 7 nitrogen and oxygen atoms in total. The predicted octanol–water partition coefficient (Wildman–Crippen LogP) is 2.09. The third-order valence-corrected chi connectivity index (χ3v) is 3.47. The highest BCUT2D eigenvalue weighted by Gasteiger charge is 2.13. The minimum absolute atomic E-state index is 0.0420. The molecule has 0 aliphatic carbocycles. The molecule has 23 heavy (non-hydrogen) atoms. The number of amides is 1. The van der Waals surface area contributed by atoms with Crippen molar-refractivity contribution in [1.82, 2.24) is 4.90 Å². The maximum absolute atomic E-state index is 12.0. The number of anilines is 1. The molecule has 1 aromatic carbocycles. The number of nitrogens with one attached hydrogen (secondary N) is 1. The number of halogens is 1. The molecular weight excluding hydrogens is 324 g/mol. The van der Waals surface area contributed by atoms with E-state index in [9.17, 15) is 9.59 Å². The largest absolute Gasteiger partial charge is 0.495 e. The van der Waals surface area contributed by atoms with Crippen molar-refractivity contribution >= 4 is 29.2 Å². The van der Waals surface area contributed by atoms with E-state index in [-0.39, 0.29) is 18.7 Å². The molecule has 0 unspecified atom stereocenters. The molecule has 1 rings (SSSR count). The fourth-order valence-electron chi connectivity index (χ4n) is 1.86. The number of carboxylic acid groups (broad SMARTS) is 1. The number of aliphatic carboxylic acids is 1. The van der Waals surface area contributed by atoms with Gasteiger partial charge in [0.05, 0.1) is 31.4 Å². The highest BCUT2D eigenvalue weighted by Crippen LogP contribution is 2.35. The molecule has 2 N–H and O–H groups in total. The Morgan fingerprint density at radius 3 is 2.35 bits per heavy atom. The van der Waals surface area contributed by atoms with Crippen molar-refractivity contribution in [1.29, 1.82) is 0 Å². The smallest absolute Gasteiger partial charge is 0.304 e. The molecule has 128 valence electrons. The van der Waals surface area contributed by atoms with Crippen LogP contribution in [0, 0.1) is 0 Å². The molecule has 0 saturated heterocycles. The first-order valence-corrected chi connectivity index (χ1v) is 7.37. The van der Waals surface area contributed by atoms with Crippen molar-refractivity contribution in [3.63, 3.8) is 0 Å². The summed E-state index contributed by atoms with van der Waals surface area (Å²) in [5.74, 6) is -0.209. The minimum Gasteiger partial charge on any atom is -0.495 e. The van der Waals surface area contributed by atoms with Crippen molar-refractivity contribution in [3.05, 3.63) is 17.2 Å². The van der Waals surface area contributed by atoms with Gasteiger partial charge in [-0.3, -0.25) is 9.59 Å². The Bertz CT molecular complexity index is 565. The molecule has 8 heteroatoms. The summed E-state index contributed by atoms with van der Waals surface area (Å²) in [5.41, 5.74) is 0.465. The van der Waals surface area contributed by atoms with Crippen LogP contribution in [0.25, 0.3) is 0 Å². The molecule has 0 spiro atoms. The van der Waals surface area contributed by atoms with E-state index in [4.69, 9.17) is 26.2 Å². The Morgan fingerprint density at radius 1 is 1.17 bits per heavy atom. The second-order valence-electron chi connectivity index (χ2n) is 4.93. The lowest BCUT2D eigenvalue weighted by Crippen LogP contribution is -2.26. The molecule has 0 heterocycles. The summed E-state index contributed by atoms with van der Waals surface area (Å²) in [6, 6.07) is 3.15. The maximum atomic E-state index is 12.0. The molecule has 0 aliphatic heterocycles. The van der Waals surface area contributed by atoms with E-state index in [2.05, 4.69) is 5.32 Å². The zero-order chi connectivity index (χ0) is 17.4. The molecule has 0 aliphatic rings. The second-order valence-corrected chi connectivity index (χ2v) is 5.34. The van der Waals surface area contributed by atoms with Gasteiger partial charge in [-0.25, -0.2) is 0 Å². The lowest BCUT2D eigenvalue weighted by molar-refractivity contribution is -0.137. The van der Waals surface area contributed by atoms with Crippen LogP contribution < -0.4 is 14.8 Å². The molecule has 0 saturated carbocycles. The Morgan fingerprint density at radius 2 is 1.78 bits per heavy atom. The third kappa shape index (κ3) is 6.33. The predicted molar refractivity (Wildman–Crippen MR) is 87.6 cm³/mol. The molecular formula is C15H21ClN2O5. The van der Waals surface area contributed by atoms with Crippen molar-refractivity contribution in [2.45, 2.75) is 12.8 Å². The summed E-state index contributed by atoms with van der Waals surface area (Å²) in [6.07, 6.45) is 0.268. The van der Waals surface area contributed by atoms with Crippen molar-refractivity contribution in [3.8, 4) is 11.5 Å². The Balaban J connectivity index is 2.61. The van der Waals surface area contributed by atoms with Gasteiger partial charge in [-0.1, -0.05) is 11.6 Å². The highest BCUT2D eigenvalue weighted by atomic mass is 35.5. The maximum Gasteiger partial charge on any atom is 0.304 e. The molecule has 0 fully saturated rings. The van der Waals surface area contributed by atoms with Crippen LogP contribution in [0.2, 0.25) is 5.02 Å². The van der Waals surface area contributed by atoms with Gasteiger partial charge in [0.25, 0.3) is 0 Å². The number of benzene rings is 1. The average molecular weight is 345 g/mol. The lowest BCUT2D eigenvalue weighted by atomic mass is 10.2. The first kappa shape index (κ1) is 19.1. The molecule has 1 aromatic rings. The molecule has 0 bridgehead atoms. The fourth-order valence-corrected chi connectivity index (χ4v) is 2.09. The summed E-state index contributed by atoms with van der Waals surface area (Å²) < 4.78 is 10.3. The van der Waals surface area contributed by atoms with E-state index in [1.807, 2.05) is 0 Å². The van der Waals surface area contributed by atoms with E-state index in [1.165, 1.54) is 14.2 Å². The van der Waals surface area contributed by atoms with E-state index in [0.29, 0.717) is 35.3 Å². The second kappa shape index (κ2) is 9.22. The van der Waals surface area contributed by atoms with Crippen molar-refractivity contribution in [2.24, 2.45) is 0 Å². The molecule has 1 amide bonds. The summed E-state index contributed by atoms with van der Waals surface area (Å²) in [6.45, 7) is 0.840. The summed E-state index contributed by atoms with van der Waals surface area (Å²) in [7, 11) is 4.73. The van der Waals surface area contributed by atoms with Crippen LogP contribution in [-0.4, -0.2) is 56.2 Å². The molecule has 0 aromatic heterocycles.